The number of para-hydroxylation sites is 1. The first-order chi connectivity index (χ1) is 8.22. The number of hydrogen-bond donors (Lipinski definition) is 0. The number of rotatable bonds is 4. The van der Waals surface area contributed by atoms with Crippen molar-refractivity contribution in [1.29, 1.82) is 0 Å². The lowest BCUT2D eigenvalue weighted by Crippen LogP contribution is -2.29. The predicted octanol–water partition coefficient (Wildman–Crippen LogP) is 3.85. The summed E-state index contributed by atoms with van der Waals surface area (Å²) in [4.78, 5) is 2.20. The van der Waals surface area contributed by atoms with E-state index in [-0.39, 0.29) is 0 Å². The number of anilines is 1. The summed E-state index contributed by atoms with van der Waals surface area (Å²) >= 11 is 9.79. The van der Waals surface area contributed by atoms with Crippen molar-refractivity contribution in [3.8, 4) is 0 Å². The normalized spacial score (nSPS) is 19.6. The van der Waals surface area contributed by atoms with Crippen LogP contribution in [0.15, 0.2) is 18.2 Å². The fourth-order valence-corrected chi connectivity index (χ4v) is 3.07. The van der Waals surface area contributed by atoms with Gasteiger partial charge in [0.1, 0.15) is 0 Å². The van der Waals surface area contributed by atoms with E-state index in [4.69, 9.17) is 16.3 Å². The van der Waals surface area contributed by atoms with E-state index in [1.165, 1.54) is 12.0 Å². The molecule has 1 aliphatic rings. The molecule has 0 aromatic heterocycles. The van der Waals surface area contributed by atoms with E-state index < -0.39 is 0 Å². The summed E-state index contributed by atoms with van der Waals surface area (Å²) in [7, 11) is 2.08. The molecule has 0 radical (unpaired) electrons. The quantitative estimate of drug-likeness (QED) is 0.782. The van der Waals surface area contributed by atoms with Crippen LogP contribution in [0.25, 0.3) is 0 Å². The van der Waals surface area contributed by atoms with Crippen molar-refractivity contribution in [2.75, 3.05) is 25.1 Å². The maximum Gasteiger partial charge on any atom is 0.0750 e. The maximum atomic E-state index is 6.29. The van der Waals surface area contributed by atoms with Gasteiger partial charge in [0.05, 0.1) is 16.8 Å². The average molecular weight is 319 g/mol. The third-order valence-electron chi connectivity index (χ3n) is 3.10. The summed E-state index contributed by atoms with van der Waals surface area (Å²) in [5.41, 5.74) is 2.33. The SMILES string of the molecule is CN(CC1CCCO1)c1c(Cl)cccc1CBr. The lowest BCUT2D eigenvalue weighted by molar-refractivity contribution is 0.116. The molecule has 1 unspecified atom stereocenters. The summed E-state index contributed by atoms with van der Waals surface area (Å²) in [5.74, 6) is 0. The first-order valence-electron chi connectivity index (χ1n) is 5.88. The minimum Gasteiger partial charge on any atom is -0.376 e. The number of halogens is 2. The molecule has 0 N–H and O–H groups in total. The number of benzene rings is 1. The fraction of sp³-hybridized carbons (Fsp3) is 0.538. The minimum atomic E-state index is 0.347. The third kappa shape index (κ3) is 3.15. The van der Waals surface area contributed by atoms with Crippen LogP contribution in [0.3, 0.4) is 0 Å². The van der Waals surface area contributed by atoms with Crippen LogP contribution >= 0.6 is 27.5 Å². The Bertz CT molecular complexity index is 380. The zero-order valence-electron chi connectivity index (χ0n) is 9.96. The van der Waals surface area contributed by atoms with Crippen LogP contribution in [0.4, 0.5) is 5.69 Å². The molecule has 1 aromatic rings. The second-order valence-electron chi connectivity index (χ2n) is 4.40. The van der Waals surface area contributed by atoms with Crippen molar-refractivity contribution in [3.63, 3.8) is 0 Å². The Labute approximate surface area is 116 Å². The van der Waals surface area contributed by atoms with E-state index in [1.54, 1.807) is 0 Å². The first-order valence-corrected chi connectivity index (χ1v) is 7.38. The molecule has 1 fully saturated rings. The van der Waals surface area contributed by atoms with Gasteiger partial charge in [-0.3, -0.25) is 0 Å². The summed E-state index contributed by atoms with van der Waals surface area (Å²) < 4.78 is 5.66. The Morgan fingerprint density at radius 1 is 1.53 bits per heavy atom. The number of ether oxygens (including phenoxy) is 1. The number of nitrogens with zero attached hydrogens (tertiary/aromatic N) is 1. The van der Waals surface area contributed by atoms with Crippen LogP contribution < -0.4 is 4.90 Å². The van der Waals surface area contributed by atoms with Gasteiger partial charge >= 0.3 is 0 Å². The van der Waals surface area contributed by atoms with Crippen molar-refractivity contribution in [2.24, 2.45) is 0 Å². The lowest BCUT2D eigenvalue weighted by atomic mass is 10.1. The Morgan fingerprint density at radius 2 is 2.35 bits per heavy atom. The highest BCUT2D eigenvalue weighted by molar-refractivity contribution is 9.08. The summed E-state index contributed by atoms with van der Waals surface area (Å²) in [6.45, 7) is 1.80. The standard InChI is InChI=1S/C13H17BrClNO/c1-16(9-11-5-3-7-17-11)13-10(8-14)4-2-6-12(13)15/h2,4,6,11H,3,5,7-9H2,1H3. The molecular weight excluding hydrogens is 302 g/mol. The van der Waals surface area contributed by atoms with E-state index in [2.05, 4.69) is 33.9 Å². The number of alkyl halides is 1. The van der Waals surface area contributed by atoms with Gasteiger partial charge in [0.15, 0.2) is 0 Å². The van der Waals surface area contributed by atoms with Gasteiger partial charge < -0.3 is 9.64 Å². The summed E-state index contributed by atoms with van der Waals surface area (Å²) in [6, 6.07) is 6.03. The van der Waals surface area contributed by atoms with E-state index in [1.807, 2.05) is 12.1 Å². The van der Waals surface area contributed by atoms with Crippen LogP contribution in [0, 0.1) is 0 Å². The summed E-state index contributed by atoms with van der Waals surface area (Å²) in [6.07, 6.45) is 2.67. The molecule has 0 amide bonds. The van der Waals surface area contributed by atoms with Crippen molar-refractivity contribution < 1.29 is 4.74 Å². The van der Waals surface area contributed by atoms with Crippen LogP contribution in [-0.4, -0.2) is 26.3 Å². The number of hydrogen-bond acceptors (Lipinski definition) is 2. The van der Waals surface area contributed by atoms with Crippen LogP contribution in [0.1, 0.15) is 18.4 Å². The third-order valence-corrected chi connectivity index (χ3v) is 4.01. The van der Waals surface area contributed by atoms with E-state index in [0.29, 0.717) is 6.10 Å². The predicted molar refractivity (Wildman–Crippen MR) is 76.3 cm³/mol. The second-order valence-corrected chi connectivity index (χ2v) is 5.36. The van der Waals surface area contributed by atoms with Gasteiger partial charge in [0.2, 0.25) is 0 Å². The van der Waals surface area contributed by atoms with Crippen LogP contribution in [0.5, 0.6) is 0 Å². The topological polar surface area (TPSA) is 12.5 Å². The molecule has 2 nitrogen and oxygen atoms in total. The summed E-state index contributed by atoms with van der Waals surface area (Å²) in [5, 5.41) is 1.63. The fourth-order valence-electron chi connectivity index (χ4n) is 2.28. The Kier molecular flexibility index (Phi) is 4.71. The van der Waals surface area contributed by atoms with Gasteiger partial charge in [-0.1, -0.05) is 39.7 Å². The molecule has 0 spiro atoms. The van der Waals surface area contributed by atoms with Crippen molar-refractivity contribution >= 4 is 33.2 Å². The highest BCUT2D eigenvalue weighted by Gasteiger charge is 2.19. The Balaban J connectivity index is 2.14. The molecule has 0 bridgehead atoms. The van der Waals surface area contributed by atoms with Crippen molar-refractivity contribution in [2.45, 2.75) is 24.3 Å². The molecule has 1 aliphatic heterocycles. The minimum absolute atomic E-state index is 0.347. The molecule has 0 saturated carbocycles. The molecule has 1 saturated heterocycles. The maximum absolute atomic E-state index is 6.29. The van der Waals surface area contributed by atoms with Gasteiger partial charge in [-0.05, 0) is 24.5 Å². The molecule has 1 atom stereocenters. The van der Waals surface area contributed by atoms with Gasteiger partial charge in [-0.25, -0.2) is 0 Å². The molecule has 0 aliphatic carbocycles. The van der Waals surface area contributed by atoms with Gasteiger partial charge in [-0.2, -0.15) is 0 Å². The highest BCUT2D eigenvalue weighted by Crippen LogP contribution is 2.31. The monoisotopic (exact) mass is 317 g/mol. The van der Waals surface area contributed by atoms with Crippen LogP contribution in [-0.2, 0) is 10.1 Å². The Morgan fingerprint density at radius 3 is 3.00 bits per heavy atom. The number of likely N-dealkylation sites (N-methyl/N-ethyl adjacent to an activating group) is 1. The average Bonchev–Trinajstić information content (AvgIpc) is 2.81. The molecule has 2 rings (SSSR count). The first kappa shape index (κ1) is 13.2. The molecule has 4 heteroatoms. The largest absolute Gasteiger partial charge is 0.376 e. The van der Waals surface area contributed by atoms with Gasteiger partial charge in [-0.15, -0.1) is 0 Å². The van der Waals surface area contributed by atoms with Crippen molar-refractivity contribution in [3.05, 3.63) is 28.8 Å². The molecule has 1 heterocycles. The smallest absolute Gasteiger partial charge is 0.0750 e. The van der Waals surface area contributed by atoms with Crippen molar-refractivity contribution in [1.82, 2.24) is 0 Å². The highest BCUT2D eigenvalue weighted by atomic mass is 79.9. The van der Waals surface area contributed by atoms with E-state index in [0.717, 1.165) is 35.6 Å². The Hall–Kier alpha value is -0.250. The zero-order chi connectivity index (χ0) is 12.3. The zero-order valence-corrected chi connectivity index (χ0v) is 12.3. The van der Waals surface area contributed by atoms with E-state index >= 15 is 0 Å². The van der Waals surface area contributed by atoms with Gasteiger partial charge in [0, 0.05) is 25.5 Å². The molecule has 17 heavy (non-hydrogen) atoms. The van der Waals surface area contributed by atoms with Crippen LogP contribution in [0.2, 0.25) is 5.02 Å². The second kappa shape index (κ2) is 6.07. The molecular formula is C13H17BrClNO. The molecule has 94 valence electrons. The lowest BCUT2D eigenvalue weighted by Gasteiger charge is -2.25. The molecule has 1 aromatic carbocycles. The van der Waals surface area contributed by atoms with E-state index in [9.17, 15) is 0 Å². The van der Waals surface area contributed by atoms with Gasteiger partial charge in [0.25, 0.3) is 0 Å².